The van der Waals surface area contributed by atoms with Gasteiger partial charge in [-0.15, -0.1) is 0 Å². The van der Waals surface area contributed by atoms with Crippen LogP contribution in [0, 0.1) is 5.92 Å². The molecule has 1 saturated carbocycles. The Hall–Kier alpha value is -1.46. The number of hydrogen-bond acceptors (Lipinski definition) is 4. The van der Waals surface area contributed by atoms with Gasteiger partial charge in [-0.1, -0.05) is 6.07 Å². The highest BCUT2D eigenvalue weighted by Crippen LogP contribution is 2.32. The van der Waals surface area contributed by atoms with Crippen molar-refractivity contribution in [2.75, 3.05) is 26.2 Å². The van der Waals surface area contributed by atoms with Crippen LogP contribution in [0.3, 0.4) is 0 Å². The van der Waals surface area contributed by atoms with E-state index >= 15 is 0 Å². The fourth-order valence-electron chi connectivity index (χ4n) is 2.85. The number of likely N-dealkylation sites (tertiary alicyclic amines) is 1. The molecule has 0 atom stereocenters. The molecule has 0 aromatic carbocycles. The van der Waals surface area contributed by atoms with Gasteiger partial charge in [0.1, 0.15) is 0 Å². The van der Waals surface area contributed by atoms with Crippen LogP contribution in [0.5, 0.6) is 0 Å². The van der Waals surface area contributed by atoms with E-state index in [-0.39, 0.29) is 5.91 Å². The maximum atomic E-state index is 11.8. The van der Waals surface area contributed by atoms with Crippen LogP contribution in [0.25, 0.3) is 0 Å². The fraction of sp³-hybridized carbons (Fsp3) is 0.625. The number of carbonyl (C=O) groups excluding carboxylic acids is 1. The molecule has 1 amide bonds. The van der Waals surface area contributed by atoms with Crippen LogP contribution in [0.2, 0.25) is 0 Å². The van der Waals surface area contributed by atoms with Crippen LogP contribution in [0.1, 0.15) is 31.2 Å². The normalized spacial score (nSPS) is 22.0. The number of nitrogens with zero attached hydrogens (tertiary/aromatic N) is 2. The van der Waals surface area contributed by atoms with Gasteiger partial charge in [0.15, 0.2) is 0 Å². The monoisotopic (exact) mass is 289 g/mol. The second kappa shape index (κ2) is 6.12. The molecule has 0 unspecified atom stereocenters. The summed E-state index contributed by atoms with van der Waals surface area (Å²) in [7, 11) is 0. The topological polar surface area (TPSA) is 65.5 Å². The van der Waals surface area contributed by atoms with Crippen molar-refractivity contribution in [3.8, 4) is 0 Å². The molecule has 2 aliphatic rings. The maximum absolute atomic E-state index is 11.8. The number of amides is 1. The van der Waals surface area contributed by atoms with Gasteiger partial charge in [0.05, 0.1) is 12.1 Å². The SMILES string of the molecule is O=C(CN1CCC(O)(c2cccnc2)CC1)NCC1CC1. The lowest BCUT2D eigenvalue weighted by molar-refractivity contribution is -0.123. The summed E-state index contributed by atoms with van der Waals surface area (Å²) in [6.07, 6.45) is 7.25. The predicted molar refractivity (Wildman–Crippen MR) is 79.5 cm³/mol. The van der Waals surface area contributed by atoms with Crippen molar-refractivity contribution < 1.29 is 9.90 Å². The molecule has 21 heavy (non-hydrogen) atoms. The zero-order valence-corrected chi connectivity index (χ0v) is 12.3. The van der Waals surface area contributed by atoms with E-state index < -0.39 is 5.60 Å². The van der Waals surface area contributed by atoms with E-state index in [2.05, 4.69) is 15.2 Å². The Bertz CT molecular complexity index is 480. The number of rotatable bonds is 5. The molecule has 1 aliphatic heterocycles. The standard InChI is InChI=1S/C16H23N3O2/c20-15(18-10-13-3-4-13)12-19-8-5-16(21,6-9-19)14-2-1-7-17-11-14/h1-2,7,11,13,21H,3-6,8-10,12H2,(H,18,20). The van der Waals surface area contributed by atoms with Crippen molar-refractivity contribution in [1.82, 2.24) is 15.2 Å². The molecule has 0 spiro atoms. The second-order valence-corrected chi connectivity index (χ2v) is 6.30. The summed E-state index contributed by atoms with van der Waals surface area (Å²) in [6, 6.07) is 3.77. The van der Waals surface area contributed by atoms with E-state index in [1.165, 1.54) is 12.8 Å². The third kappa shape index (κ3) is 3.80. The molecular weight excluding hydrogens is 266 g/mol. The Morgan fingerprint density at radius 2 is 2.19 bits per heavy atom. The van der Waals surface area contributed by atoms with Gasteiger partial charge >= 0.3 is 0 Å². The number of aromatic nitrogens is 1. The highest BCUT2D eigenvalue weighted by molar-refractivity contribution is 5.78. The minimum Gasteiger partial charge on any atom is -0.385 e. The third-order valence-corrected chi connectivity index (χ3v) is 4.53. The first-order valence-electron chi connectivity index (χ1n) is 7.78. The van der Waals surface area contributed by atoms with E-state index in [0.29, 0.717) is 25.3 Å². The molecule has 114 valence electrons. The van der Waals surface area contributed by atoms with Crippen LogP contribution in [0.4, 0.5) is 0 Å². The van der Waals surface area contributed by atoms with Crippen LogP contribution in [-0.2, 0) is 10.4 Å². The Kier molecular flexibility index (Phi) is 4.22. The molecule has 0 radical (unpaired) electrons. The Morgan fingerprint density at radius 1 is 1.43 bits per heavy atom. The van der Waals surface area contributed by atoms with Crippen molar-refractivity contribution in [2.24, 2.45) is 5.92 Å². The average Bonchev–Trinajstić information content (AvgIpc) is 3.33. The first-order valence-corrected chi connectivity index (χ1v) is 7.78. The molecule has 1 aliphatic carbocycles. The lowest BCUT2D eigenvalue weighted by Gasteiger charge is -2.38. The molecule has 2 fully saturated rings. The largest absolute Gasteiger partial charge is 0.385 e. The summed E-state index contributed by atoms with van der Waals surface area (Å²) < 4.78 is 0. The van der Waals surface area contributed by atoms with Gasteiger partial charge < -0.3 is 10.4 Å². The Labute approximate surface area is 125 Å². The lowest BCUT2D eigenvalue weighted by Crippen LogP contribution is -2.46. The van der Waals surface area contributed by atoms with Crippen LogP contribution < -0.4 is 5.32 Å². The second-order valence-electron chi connectivity index (χ2n) is 6.30. The molecular formula is C16H23N3O2. The first kappa shape index (κ1) is 14.5. The number of aliphatic hydroxyl groups is 1. The minimum atomic E-state index is -0.796. The molecule has 1 aromatic rings. The fourth-order valence-corrected chi connectivity index (χ4v) is 2.85. The number of carbonyl (C=O) groups is 1. The average molecular weight is 289 g/mol. The smallest absolute Gasteiger partial charge is 0.234 e. The zero-order valence-electron chi connectivity index (χ0n) is 12.3. The van der Waals surface area contributed by atoms with E-state index in [1.54, 1.807) is 12.4 Å². The van der Waals surface area contributed by atoms with Gasteiger partial charge in [-0.05, 0) is 37.7 Å². The summed E-state index contributed by atoms with van der Waals surface area (Å²) in [6.45, 7) is 2.74. The van der Waals surface area contributed by atoms with Crippen LogP contribution in [-0.4, -0.2) is 47.1 Å². The Balaban J connectivity index is 1.47. The van der Waals surface area contributed by atoms with Crippen molar-refractivity contribution in [3.05, 3.63) is 30.1 Å². The molecule has 2 heterocycles. The summed E-state index contributed by atoms with van der Waals surface area (Å²) >= 11 is 0. The van der Waals surface area contributed by atoms with Gasteiger partial charge in [0, 0.05) is 37.6 Å². The van der Waals surface area contributed by atoms with E-state index in [1.807, 2.05) is 12.1 Å². The Morgan fingerprint density at radius 3 is 2.81 bits per heavy atom. The molecule has 3 rings (SSSR count). The molecule has 1 saturated heterocycles. The maximum Gasteiger partial charge on any atom is 0.234 e. The summed E-state index contributed by atoms with van der Waals surface area (Å²) in [5.74, 6) is 0.819. The van der Waals surface area contributed by atoms with Crippen molar-refractivity contribution in [1.29, 1.82) is 0 Å². The van der Waals surface area contributed by atoms with Crippen molar-refractivity contribution in [2.45, 2.75) is 31.3 Å². The van der Waals surface area contributed by atoms with E-state index in [4.69, 9.17) is 0 Å². The molecule has 5 nitrogen and oxygen atoms in total. The molecule has 5 heteroatoms. The highest BCUT2D eigenvalue weighted by atomic mass is 16.3. The number of pyridine rings is 1. The predicted octanol–water partition coefficient (Wildman–Crippen LogP) is 0.891. The van der Waals surface area contributed by atoms with Gasteiger partial charge in [-0.25, -0.2) is 0 Å². The van der Waals surface area contributed by atoms with Gasteiger partial charge in [0.25, 0.3) is 0 Å². The van der Waals surface area contributed by atoms with Crippen molar-refractivity contribution >= 4 is 5.91 Å². The quantitative estimate of drug-likeness (QED) is 0.845. The summed E-state index contributed by atoms with van der Waals surface area (Å²) in [4.78, 5) is 18.0. The highest BCUT2D eigenvalue weighted by Gasteiger charge is 2.34. The number of nitrogens with one attached hydrogen (secondary N) is 1. The molecule has 1 aromatic heterocycles. The van der Waals surface area contributed by atoms with Crippen LogP contribution in [0.15, 0.2) is 24.5 Å². The van der Waals surface area contributed by atoms with E-state index in [9.17, 15) is 9.90 Å². The first-order chi connectivity index (χ1) is 10.2. The van der Waals surface area contributed by atoms with Gasteiger partial charge in [-0.3, -0.25) is 14.7 Å². The van der Waals surface area contributed by atoms with Gasteiger partial charge in [0.2, 0.25) is 5.91 Å². The van der Waals surface area contributed by atoms with Gasteiger partial charge in [-0.2, -0.15) is 0 Å². The minimum absolute atomic E-state index is 0.105. The summed E-state index contributed by atoms with van der Waals surface area (Å²) in [5, 5.41) is 13.7. The lowest BCUT2D eigenvalue weighted by atomic mass is 9.85. The summed E-state index contributed by atoms with van der Waals surface area (Å²) in [5.41, 5.74) is 0.0812. The molecule has 0 bridgehead atoms. The number of piperidine rings is 1. The van der Waals surface area contributed by atoms with E-state index in [0.717, 1.165) is 25.2 Å². The van der Waals surface area contributed by atoms with Crippen LogP contribution >= 0.6 is 0 Å². The number of hydrogen-bond donors (Lipinski definition) is 2. The molecule has 2 N–H and O–H groups in total. The zero-order chi connectivity index (χ0) is 14.7. The third-order valence-electron chi connectivity index (χ3n) is 4.53. The van der Waals surface area contributed by atoms with Crippen molar-refractivity contribution in [3.63, 3.8) is 0 Å².